The number of sulfonamides is 1. The Labute approximate surface area is 292 Å². The van der Waals surface area contributed by atoms with Gasteiger partial charge in [0.2, 0.25) is 11.8 Å². The van der Waals surface area contributed by atoms with Crippen molar-refractivity contribution in [1.29, 1.82) is 0 Å². The van der Waals surface area contributed by atoms with E-state index in [-0.39, 0.29) is 35.5 Å². The molecular weight excluding hydrogens is 665 g/mol. The maximum atomic E-state index is 14.6. The van der Waals surface area contributed by atoms with Gasteiger partial charge in [-0.3, -0.25) is 13.9 Å². The van der Waals surface area contributed by atoms with E-state index in [0.29, 0.717) is 22.9 Å². The first-order valence-electron chi connectivity index (χ1n) is 16.5. The Morgan fingerprint density at radius 3 is 2.16 bits per heavy atom. The predicted molar refractivity (Wildman–Crippen MR) is 189 cm³/mol. The number of rotatable bonds is 14. The molecule has 2 amide bonds. The Balaban J connectivity index is 1.55. The summed E-state index contributed by atoms with van der Waals surface area (Å²) in [6.07, 6.45) is 5.06. The first-order chi connectivity index (χ1) is 23.6. The predicted octanol–water partition coefficient (Wildman–Crippen LogP) is 7.16. The van der Waals surface area contributed by atoms with Crippen LogP contribution in [-0.4, -0.2) is 50.4 Å². The number of halogens is 2. The summed E-state index contributed by atoms with van der Waals surface area (Å²) in [6.45, 7) is 1.61. The van der Waals surface area contributed by atoms with Crippen molar-refractivity contribution >= 4 is 39.1 Å². The number of hydrogen-bond acceptors (Lipinski definition) is 5. The van der Waals surface area contributed by atoms with Gasteiger partial charge in [0.25, 0.3) is 10.0 Å². The molecule has 1 N–H and O–H groups in total. The van der Waals surface area contributed by atoms with Gasteiger partial charge in [0.15, 0.2) is 0 Å². The van der Waals surface area contributed by atoms with Gasteiger partial charge in [-0.1, -0.05) is 73.3 Å². The molecule has 0 saturated heterocycles. The van der Waals surface area contributed by atoms with Gasteiger partial charge in [0, 0.05) is 24.0 Å². The summed E-state index contributed by atoms with van der Waals surface area (Å²) in [4.78, 5) is 30.2. The summed E-state index contributed by atoms with van der Waals surface area (Å²) in [7, 11) is -4.34. The van der Waals surface area contributed by atoms with Gasteiger partial charge in [-0.2, -0.15) is 0 Å². The number of nitrogens with one attached hydrogen (secondary N) is 1. The van der Waals surface area contributed by atoms with Gasteiger partial charge in [-0.05, 0) is 91.6 Å². The van der Waals surface area contributed by atoms with Crippen molar-refractivity contribution in [1.82, 2.24) is 10.2 Å². The summed E-state index contributed by atoms with van der Waals surface area (Å²) in [5, 5.41) is 3.71. The van der Waals surface area contributed by atoms with Gasteiger partial charge in [-0.25, -0.2) is 12.8 Å². The van der Waals surface area contributed by atoms with E-state index in [4.69, 9.17) is 16.3 Å². The van der Waals surface area contributed by atoms with Crippen LogP contribution in [0.5, 0.6) is 5.75 Å². The third-order valence-corrected chi connectivity index (χ3v) is 10.6. The fourth-order valence-electron chi connectivity index (χ4n) is 6.02. The zero-order valence-electron chi connectivity index (χ0n) is 27.4. The fourth-order valence-corrected chi connectivity index (χ4v) is 7.56. The molecule has 0 spiro atoms. The van der Waals surface area contributed by atoms with Crippen LogP contribution >= 0.6 is 11.6 Å². The molecule has 11 heteroatoms. The van der Waals surface area contributed by atoms with E-state index in [1.807, 2.05) is 37.3 Å². The van der Waals surface area contributed by atoms with Crippen molar-refractivity contribution in [2.75, 3.05) is 17.5 Å². The Morgan fingerprint density at radius 2 is 1.53 bits per heavy atom. The second-order valence-corrected chi connectivity index (χ2v) is 14.4. The molecule has 0 unspecified atom stereocenters. The minimum absolute atomic E-state index is 0.0113. The highest BCUT2D eigenvalue weighted by Gasteiger charge is 2.35. The van der Waals surface area contributed by atoms with Crippen molar-refractivity contribution in [3.63, 3.8) is 0 Å². The molecule has 1 aliphatic rings. The van der Waals surface area contributed by atoms with Crippen LogP contribution in [0, 0.1) is 5.82 Å². The van der Waals surface area contributed by atoms with Crippen LogP contribution in [0.2, 0.25) is 5.02 Å². The van der Waals surface area contributed by atoms with E-state index in [9.17, 15) is 22.4 Å². The number of ether oxygens (including phenoxy) is 1. The van der Waals surface area contributed by atoms with Crippen molar-refractivity contribution in [3.8, 4) is 5.75 Å². The van der Waals surface area contributed by atoms with Crippen LogP contribution in [0.15, 0.2) is 108 Å². The summed E-state index contributed by atoms with van der Waals surface area (Å²) >= 11 is 6.17. The maximum absolute atomic E-state index is 14.6. The van der Waals surface area contributed by atoms with Gasteiger partial charge in [0.1, 0.15) is 24.2 Å². The maximum Gasteiger partial charge on any atom is 0.264 e. The lowest BCUT2D eigenvalue weighted by molar-refractivity contribution is -0.140. The molecule has 0 aliphatic heterocycles. The van der Waals surface area contributed by atoms with E-state index in [1.54, 1.807) is 36.4 Å². The Morgan fingerprint density at radius 1 is 0.878 bits per heavy atom. The van der Waals surface area contributed by atoms with Crippen LogP contribution in [0.25, 0.3) is 0 Å². The molecular formula is C38H41ClFN3O5S. The highest BCUT2D eigenvalue weighted by molar-refractivity contribution is 7.92. The Hall–Kier alpha value is -4.41. The zero-order chi connectivity index (χ0) is 34.8. The van der Waals surface area contributed by atoms with Crippen LogP contribution in [0.4, 0.5) is 10.1 Å². The standard InChI is InChI=1S/C38H41ClFN3O5S/c1-2-48-34-21-23-35(24-22-34)49(46,47)43(33-19-17-31(40)18-20-33)27-37(44)42(26-29-13-15-30(39)16-14-29)36(25-28-9-5-3-6-10-28)38(45)41-32-11-7-4-8-12-32/h3,5-6,9-10,13-24,32,36H,2,4,7-8,11-12,25-27H2,1H3,(H,41,45)/t36-/m0/s1. The molecule has 0 heterocycles. The van der Waals surface area contributed by atoms with Crippen LogP contribution in [-0.2, 0) is 32.6 Å². The second kappa shape index (κ2) is 16.8. The van der Waals surface area contributed by atoms with Gasteiger partial charge in [0.05, 0.1) is 17.2 Å². The third-order valence-electron chi connectivity index (χ3n) is 8.61. The van der Waals surface area contributed by atoms with Crippen molar-refractivity contribution in [2.24, 2.45) is 0 Å². The lowest BCUT2D eigenvalue weighted by Gasteiger charge is -2.35. The van der Waals surface area contributed by atoms with Crippen LogP contribution < -0.4 is 14.4 Å². The highest BCUT2D eigenvalue weighted by Crippen LogP contribution is 2.27. The quantitative estimate of drug-likeness (QED) is 0.150. The van der Waals surface area contributed by atoms with Crippen molar-refractivity contribution in [3.05, 3.63) is 125 Å². The van der Waals surface area contributed by atoms with E-state index >= 15 is 0 Å². The molecule has 1 saturated carbocycles. The number of amides is 2. The molecule has 49 heavy (non-hydrogen) atoms. The van der Waals surface area contributed by atoms with Crippen LogP contribution in [0.3, 0.4) is 0 Å². The number of benzene rings is 4. The first-order valence-corrected chi connectivity index (χ1v) is 18.3. The molecule has 1 atom stereocenters. The second-order valence-electron chi connectivity index (χ2n) is 12.1. The highest BCUT2D eigenvalue weighted by atomic mass is 35.5. The minimum atomic E-state index is -4.34. The number of carbonyl (C=O) groups is 2. The smallest absolute Gasteiger partial charge is 0.264 e. The number of anilines is 1. The monoisotopic (exact) mass is 705 g/mol. The summed E-state index contributed by atoms with van der Waals surface area (Å²) in [6, 6.07) is 26.2. The minimum Gasteiger partial charge on any atom is -0.494 e. The van der Waals surface area contributed by atoms with Gasteiger partial charge < -0.3 is 15.0 Å². The topological polar surface area (TPSA) is 96.0 Å². The van der Waals surface area contributed by atoms with E-state index < -0.39 is 34.3 Å². The average molecular weight is 706 g/mol. The van der Waals surface area contributed by atoms with E-state index in [1.165, 1.54) is 29.2 Å². The lowest BCUT2D eigenvalue weighted by atomic mass is 9.94. The molecule has 0 radical (unpaired) electrons. The van der Waals surface area contributed by atoms with Crippen molar-refractivity contribution in [2.45, 2.75) is 69.0 Å². The summed E-state index contributed by atoms with van der Waals surface area (Å²) in [5.74, 6) is -0.970. The molecule has 8 nitrogen and oxygen atoms in total. The summed E-state index contributed by atoms with van der Waals surface area (Å²) in [5.41, 5.74) is 1.66. The summed E-state index contributed by atoms with van der Waals surface area (Å²) < 4.78 is 48.9. The molecule has 4 aromatic rings. The fraction of sp³-hybridized carbons (Fsp3) is 0.316. The van der Waals surface area contributed by atoms with Gasteiger partial charge >= 0.3 is 0 Å². The zero-order valence-corrected chi connectivity index (χ0v) is 29.0. The largest absolute Gasteiger partial charge is 0.494 e. The normalized spacial score (nSPS) is 14.1. The van der Waals surface area contributed by atoms with Crippen LogP contribution in [0.1, 0.15) is 50.2 Å². The molecule has 4 aromatic carbocycles. The number of nitrogens with zero attached hydrogens (tertiary/aromatic N) is 2. The molecule has 1 fully saturated rings. The molecule has 0 aromatic heterocycles. The number of hydrogen-bond donors (Lipinski definition) is 1. The molecule has 258 valence electrons. The number of carbonyl (C=O) groups excluding carboxylic acids is 2. The Bertz CT molecular complexity index is 1780. The van der Waals surface area contributed by atoms with E-state index in [0.717, 1.165) is 54.1 Å². The third kappa shape index (κ3) is 9.61. The first kappa shape index (κ1) is 35.9. The molecule has 0 bridgehead atoms. The van der Waals surface area contributed by atoms with E-state index in [2.05, 4.69) is 5.32 Å². The molecule has 5 rings (SSSR count). The average Bonchev–Trinajstić information content (AvgIpc) is 3.11. The Kier molecular flexibility index (Phi) is 12.3. The SMILES string of the molecule is CCOc1ccc(S(=O)(=O)N(CC(=O)N(Cc2ccc(Cl)cc2)[C@@H](Cc2ccccc2)C(=O)NC2CCCCC2)c2ccc(F)cc2)cc1. The van der Waals surface area contributed by atoms with Crippen molar-refractivity contribution < 1.29 is 27.1 Å². The lowest BCUT2D eigenvalue weighted by Crippen LogP contribution is -2.55. The van der Waals surface area contributed by atoms with Gasteiger partial charge in [-0.15, -0.1) is 0 Å². The molecule has 1 aliphatic carbocycles.